The van der Waals surface area contributed by atoms with Gasteiger partial charge in [0.05, 0.1) is 0 Å². The van der Waals surface area contributed by atoms with Crippen molar-refractivity contribution < 1.29 is 9.90 Å². The molecule has 0 bridgehead atoms. The lowest BCUT2D eigenvalue weighted by atomic mass is 10.1. The van der Waals surface area contributed by atoms with Crippen molar-refractivity contribution in [3.8, 4) is 0 Å². The molecule has 0 aliphatic heterocycles. The molecule has 0 amide bonds. The third-order valence-electron chi connectivity index (χ3n) is 1.58. The maximum absolute atomic E-state index is 10.5. The summed E-state index contributed by atoms with van der Waals surface area (Å²) in [7, 11) is 0. The SMILES string of the molecule is Cc1ccc(/C=C(\Br)C(=O)O)cc1. The number of carboxylic acids is 1. The average Bonchev–Trinajstić information content (AvgIpc) is 2.08. The second-order valence-electron chi connectivity index (χ2n) is 2.71. The number of hydrogen-bond donors (Lipinski definition) is 1. The van der Waals surface area contributed by atoms with Gasteiger partial charge in [-0.3, -0.25) is 0 Å². The van der Waals surface area contributed by atoms with Crippen LogP contribution in [0.15, 0.2) is 28.7 Å². The van der Waals surface area contributed by atoms with E-state index in [0.29, 0.717) is 0 Å². The van der Waals surface area contributed by atoms with E-state index in [-0.39, 0.29) is 4.48 Å². The summed E-state index contributed by atoms with van der Waals surface area (Å²) in [5, 5.41) is 8.58. The van der Waals surface area contributed by atoms with Crippen LogP contribution in [0.1, 0.15) is 11.1 Å². The Kier molecular flexibility index (Phi) is 3.25. The standard InChI is InChI=1S/C10H9BrO2/c1-7-2-4-8(5-3-7)6-9(11)10(12)13/h2-6H,1H3,(H,12,13)/b9-6-. The van der Waals surface area contributed by atoms with E-state index in [1.807, 2.05) is 31.2 Å². The van der Waals surface area contributed by atoms with Gasteiger partial charge in [-0.1, -0.05) is 29.8 Å². The van der Waals surface area contributed by atoms with Crippen molar-refractivity contribution in [1.82, 2.24) is 0 Å². The number of aryl methyl sites for hydroxylation is 1. The molecule has 2 nitrogen and oxygen atoms in total. The summed E-state index contributed by atoms with van der Waals surface area (Å²) in [5.74, 6) is -0.958. The Morgan fingerprint density at radius 3 is 2.38 bits per heavy atom. The van der Waals surface area contributed by atoms with Crippen LogP contribution in [-0.4, -0.2) is 11.1 Å². The topological polar surface area (TPSA) is 37.3 Å². The Morgan fingerprint density at radius 1 is 1.38 bits per heavy atom. The molecule has 13 heavy (non-hydrogen) atoms. The first-order chi connectivity index (χ1) is 6.09. The minimum absolute atomic E-state index is 0.163. The van der Waals surface area contributed by atoms with Gasteiger partial charge in [-0.15, -0.1) is 0 Å². The number of hydrogen-bond acceptors (Lipinski definition) is 1. The summed E-state index contributed by atoms with van der Waals surface area (Å²) in [6.07, 6.45) is 1.57. The van der Waals surface area contributed by atoms with Crippen LogP contribution in [0.25, 0.3) is 6.08 Å². The molecule has 68 valence electrons. The fraction of sp³-hybridized carbons (Fsp3) is 0.100. The average molecular weight is 241 g/mol. The van der Waals surface area contributed by atoms with Gasteiger partial charge in [-0.2, -0.15) is 0 Å². The predicted molar refractivity (Wildman–Crippen MR) is 55.7 cm³/mol. The van der Waals surface area contributed by atoms with Gasteiger partial charge in [-0.05, 0) is 34.5 Å². The number of halogens is 1. The summed E-state index contributed by atoms with van der Waals surface area (Å²) in [6, 6.07) is 7.63. The van der Waals surface area contributed by atoms with Gasteiger partial charge < -0.3 is 5.11 Å². The van der Waals surface area contributed by atoms with Gasteiger partial charge in [0.25, 0.3) is 0 Å². The number of carboxylic acid groups (broad SMARTS) is 1. The van der Waals surface area contributed by atoms with E-state index in [9.17, 15) is 4.79 Å². The number of carbonyl (C=O) groups is 1. The van der Waals surface area contributed by atoms with Crippen molar-refractivity contribution in [3.63, 3.8) is 0 Å². The first kappa shape index (κ1) is 9.99. The third kappa shape index (κ3) is 3.03. The lowest BCUT2D eigenvalue weighted by Gasteiger charge is -1.95. The van der Waals surface area contributed by atoms with E-state index in [0.717, 1.165) is 11.1 Å². The van der Waals surface area contributed by atoms with Crippen LogP contribution in [0.2, 0.25) is 0 Å². The lowest BCUT2D eigenvalue weighted by molar-refractivity contribution is -0.131. The molecule has 0 aromatic heterocycles. The Balaban J connectivity index is 2.92. The molecule has 1 aromatic carbocycles. The zero-order valence-electron chi connectivity index (χ0n) is 7.12. The van der Waals surface area contributed by atoms with E-state index in [1.165, 1.54) is 0 Å². The van der Waals surface area contributed by atoms with Crippen LogP contribution >= 0.6 is 15.9 Å². The predicted octanol–water partition coefficient (Wildman–Crippen LogP) is 2.82. The highest BCUT2D eigenvalue weighted by Crippen LogP contribution is 2.12. The Morgan fingerprint density at radius 2 is 1.92 bits per heavy atom. The molecular weight excluding hydrogens is 232 g/mol. The van der Waals surface area contributed by atoms with Gasteiger partial charge in [0.2, 0.25) is 0 Å². The summed E-state index contributed by atoms with van der Waals surface area (Å²) in [6.45, 7) is 1.99. The van der Waals surface area contributed by atoms with Crippen LogP contribution in [0.3, 0.4) is 0 Å². The molecule has 0 spiro atoms. The van der Waals surface area contributed by atoms with Crippen molar-refractivity contribution in [1.29, 1.82) is 0 Å². The van der Waals surface area contributed by atoms with E-state index in [1.54, 1.807) is 6.08 Å². The minimum Gasteiger partial charge on any atom is -0.477 e. The first-order valence-electron chi connectivity index (χ1n) is 3.77. The van der Waals surface area contributed by atoms with Crippen molar-refractivity contribution in [3.05, 3.63) is 39.9 Å². The molecule has 0 atom stereocenters. The summed E-state index contributed by atoms with van der Waals surface area (Å²) in [4.78, 5) is 10.5. The molecule has 1 N–H and O–H groups in total. The van der Waals surface area contributed by atoms with Gasteiger partial charge in [-0.25, -0.2) is 4.79 Å². The maximum atomic E-state index is 10.5. The highest BCUT2D eigenvalue weighted by atomic mass is 79.9. The number of benzene rings is 1. The van der Waals surface area contributed by atoms with Crippen molar-refractivity contribution in [2.24, 2.45) is 0 Å². The van der Waals surface area contributed by atoms with Gasteiger partial charge in [0.15, 0.2) is 0 Å². The van der Waals surface area contributed by atoms with Crippen LogP contribution in [0, 0.1) is 6.92 Å². The third-order valence-corrected chi connectivity index (χ3v) is 2.14. The second-order valence-corrected chi connectivity index (χ2v) is 3.56. The van der Waals surface area contributed by atoms with Crippen molar-refractivity contribution in [2.75, 3.05) is 0 Å². The molecule has 0 saturated heterocycles. The Labute approximate surface area is 85.0 Å². The lowest BCUT2D eigenvalue weighted by Crippen LogP contribution is -1.92. The van der Waals surface area contributed by atoms with Gasteiger partial charge in [0, 0.05) is 0 Å². The molecule has 1 rings (SSSR count). The molecule has 0 aliphatic rings. The van der Waals surface area contributed by atoms with Crippen molar-refractivity contribution >= 4 is 28.0 Å². The smallest absolute Gasteiger partial charge is 0.342 e. The molecule has 0 unspecified atom stereocenters. The molecule has 0 radical (unpaired) electrons. The fourth-order valence-corrected chi connectivity index (χ4v) is 1.14. The van der Waals surface area contributed by atoms with Crippen molar-refractivity contribution in [2.45, 2.75) is 6.92 Å². The largest absolute Gasteiger partial charge is 0.477 e. The summed E-state index contributed by atoms with van der Waals surface area (Å²) < 4.78 is 0.163. The Hall–Kier alpha value is -1.09. The summed E-state index contributed by atoms with van der Waals surface area (Å²) >= 11 is 2.96. The quantitative estimate of drug-likeness (QED) is 0.808. The maximum Gasteiger partial charge on any atom is 0.342 e. The molecule has 0 heterocycles. The summed E-state index contributed by atoms with van der Waals surface area (Å²) in [5.41, 5.74) is 2.03. The first-order valence-corrected chi connectivity index (χ1v) is 4.56. The van der Waals surface area contributed by atoms with E-state index >= 15 is 0 Å². The molecular formula is C10H9BrO2. The van der Waals surface area contributed by atoms with E-state index in [2.05, 4.69) is 15.9 Å². The molecule has 0 saturated carbocycles. The molecule has 1 aromatic rings. The van der Waals surface area contributed by atoms with E-state index in [4.69, 9.17) is 5.11 Å². The number of rotatable bonds is 2. The zero-order valence-corrected chi connectivity index (χ0v) is 8.71. The highest BCUT2D eigenvalue weighted by Gasteiger charge is 2.00. The highest BCUT2D eigenvalue weighted by molar-refractivity contribution is 9.12. The van der Waals surface area contributed by atoms with Crippen LogP contribution in [-0.2, 0) is 4.79 Å². The Bertz CT molecular complexity index is 338. The molecule has 3 heteroatoms. The number of aliphatic carboxylic acids is 1. The molecule has 0 aliphatic carbocycles. The normalized spacial score (nSPS) is 11.4. The monoisotopic (exact) mass is 240 g/mol. The fourth-order valence-electron chi connectivity index (χ4n) is 0.871. The van der Waals surface area contributed by atoms with Crippen LogP contribution < -0.4 is 0 Å². The van der Waals surface area contributed by atoms with Crippen LogP contribution in [0.5, 0.6) is 0 Å². The molecule has 0 fully saturated rings. The van der Waals surface area contributed by atoms with Gasteiger partial charge in [0.1, 0.15) is 4.48 Å². The second kappa shape index (κ2) is 4.23. The zero-order chi connectivity index (χ0) is 9.84. The van der Waals surface area contributed by atoms with Gasteiger partial charge >= 0.3 is 5.97 Å². The van der Waals surface area contributed by atoms with E-state index < -0.39 is 5.97 Å². The minimum atomic E-state index is -0.958. The van der Waals surface area contributed by atoms with Crippen LogP contribution in [0.4, 0.5) is 0 Å².